The van der Waals surface area contributed by atoms with Gasteiger partial charge in [-0.2, -0.15) is 0 Å². The van der Waals surface area contributed by atoms with Crippen LogP contribution in [0.2, 0.25) is 5.02 Å². The molecule has 0 aliphatic carbocycles. The Balaban J connectivity index is 1.32. The Morgan fingerprint density at radius 1 is 1.19 bits per heavy atom. The van der Waals surface area contributed by atoms with Gasteiger partial charge in [-0.05, 0) is 29.8 Å². The van der Waals surface area contributed by atoms with E-state index in [-0.39, 0.29) is 12.5 Å². The number of halogens is 1. The quantitative estimate of drug-likeness (QED) is 0.492. The van der Waals surface area contributed by atoms with Crippen molar-refractivity contribution in [1.82, 2.24) is 10.2 Å². The fourth-order valence-corrected chi connectivity index (χ4v) is 4.22. The van der Waals surface area contributed by atoms with Crippen molar-refractivity contribution in [2.75, 3.05) is 11.9 Å². The third kappa shape index (κ3) is 4.52. The van der Waals surface area contributed by atoms with Gasteiger partial charge in [0.1, 0.15) is 6.61 Å². The molecule has 1 unspecified atom stereocenters. The molecular weight excluding hydrogens is 406 g/mol. The van der Waals surface area contributed by atoms with Gasteiger partial charge in [-0.15, -0.1) is 10.2 Å². The standard InChI is InChI=1S/C18H14ClN3O3S2/c19-12-7-5-11(6-8-12)10-26-18-22-21-17(27-18)20-16(23)15-9-24-13-3-1-2-4-14(13)25-15/h1-8,15H,9-10H2,(H,20,21,23). The molecule has 138 valence electrons. The number of rotatable bonds is 5. The predicted octanol–water partition coefficient (Wildman–Crippen LogP) is 4.26. The van der Waals surface area contributed by atoms with Crippen molar-refractivity contribution in [3.8, 4) is 11.5 Å². The number of amides is 1. The van der Waals surface area contributed by atoms with Gasteiger partial charge in [-0.1, -0.05) is 59.0 Å². The van der Waals surface area contributed by atoms with E-state index < -0.39 is 6.10 Å². The number of carbonyl (C=O) groups is 1. The van der Waals surface area contributed by atoms with Gasteiger partial charge in [0, 0.05) is 10.8 Å². The number of fused-ring (bicyclic) bond motifs is 1. The van der Waals surface area contributed by atoms with Crippen LogP contribution in [0.4, 0.5) is 5.13 Å². The summed E-state index contributed by atoms with van der Waals surface area (Å²) in [6.45, 7) is 0.153. The maximum absolute atomic E-state index is 12.4. The van der Waals surface area contributed by atoms with Gasteiger partial charge in [0.15, 0.2) is 15.8 Å². The highest BCUT2D eigenvalue weighted by Crippen LogP contribution is 2.32. The lowest BCUT2D eigenvalue weighted by molar-refractivity contribution is -0.125. The van der Waals surface area contributed by atoms with E-state index in [1.54, 1.807) is 23.9 Å². The number of hydrogen-bond acceptors (Lipinski definition) is 7. The molecule has 9 heteroatoms. The number of aromatic nitrogens is 2. The number of para-hydroxylation sites is 2. The first-order valence-corrected chi connectivity index (χ1v) is 10.3. The largest absolute Gasteiger partial charge is 0.485 e. The van der Waals surface area contributed by atoms with Crippen LogP contribution in [-0.2, 0) is 10.5 Å². The second-order valence-electron chi connectivity index (χ2n) is 5.64. The van der Waals surface area contributed by atoms with E-state index in [0.29, 0.717) is 21.7 Å². The lowest BCUT2D eigenvalue weighted by Crippen LogP contribution is -2.40. The summed E-state index contributed by atoms with van der Waals surface area (Å²) in [4.78, 5) is 12.4. The van der Waals surface area contributed by atoms with E-state index in [1.807, 2.05) is 36.4 Å². The van der Waals surface area contributed by atoms with E-state index in [4.69, 9.17) is 21.1 Å². The number of hydrogen-bond donors (Lipinski definition) is 1. The molecule has 27 heavy (non-hydrogen) atoms. The van der Waals surface area contributed by atoms with E-state index in [9.17, 15) is 4.79 Å². The lowest BCUT2D eigenvalue weighted by Gasteiger charge is -2.25. The summed E-state index contributed by atoms with van der Waals surface area (Å²) in [5, 5.41) is 12.0. The molecule has 2 heterocycles. The smallest absolute Gasteiger partial charge is 0.270 e. The predicted molar refractivity (Wildman–Crippen MR) is 106 cm³/mol. The molecular formula is C18H14ClN3O3S2. The van der Waals surface area contributed by atoms with Gasteiger partial charge in [-0.25, -0.2) is 0 Å². The summed E-state index contributed by atoms with van der Waals surface area (Å²) in [5.74, 6) is 1.63. The number of nitrogens with one attached hydrogen (secondary N) is 1. The molecule has 2 aromatic carbocycles. The maximum Gasteiger partial charge on any atom is 0.270 e. The van der Waals surface area contributed by atoms with Crippen LogP contribution in [0.15, 0.2) is 52.9 Å². The summed E-state index contributed by atoms with van der Waals surface area (Å²) < 4.78 is 12.0. The Morgan fingerprint density at radius 3 is 2.78 bits per heavy atom. The van der Waals surface area contributed by atoms with Crippen molar-refractivity contribution >= 4 is 45.7 Å². The summed E-state index contributed by atoms with van der Waals surface area (Å²) in [6.07, 6.45) is -0.728. The van der Waals surface area contributed by atoms with E-state index in [1.165, 1.54) is 11.3 Å². The van der Waals surface area contributed by atoms with Gasteiger partial charge >= 0.3 is 0 Å². The summed E-state index contributed by atoms with van der Waals surface area (Å²) in [6, 6.07) is 14.9. The Morgan fingerprint density at radius 2 is 1.96 bits per heavy atom. The number of carbonyl (C=O) groups excluding carboxylic acids is 1. The third-order valence-electron chi connectivity index (χ3n) is 3.71. The molecule has 4 rings (SSSR count). The first-order valence-electron chi connectivity index (χ1n) is 8.07. The van der Waals surface area contributed by atoms with Crippen molar-refractivity contribution in [3.63, 3.8) is 0 Å². The van der Waals surface area contributed by atoms with E-state index in [0.717, 1.165) is 15.7 Å². The van der Waals surface area contributed by atoms with Crippen molar-refractivity contribution in [1.29, 1.82) is 0 Å². The molecule has 0 saturated heterocycles. The molecule has 3 aromatic rings. The minimum Gasteiger partial charge on any atom is -0.485 e. The van der Waals surface area contributed by atoms with Gasteiger partial charge in [0.2, 0.25) is 11.2 Å². The molecule has 6 nitrogen and oxygen atoms in total. The van der Waals surface area contributed by atoms with Crippen LogP contribution in [0.25, 0.3) is 0 Å². The monoisotopic (exact) mass is 419 g/mol. The van der Waals surface area contributed by atoms with Gasteiger partial charge < -0.3 is 9.47 Å². The first kappa shape index (κ1) is 18.1. The van der Waals surface area contributed by atoms with Crippen LogP contribution < -0.4 is 14.8 Å². The van der Waals surface area contributed by atoms with E-state index >= 15 is 0 Å². The zero-order chi connectivity index (χ0) is 18.6. The average Bonchev–Trinajstić information content (AvgIpc) is 3.14. The molecule has 1 atom stereocenters. The number of nitrogens with zero attached hydrogens (tertiary/aromatic N) is 2. The lowest BCUT2D eigenvalue weighted by atomic mass is 10.2. The maximum atomic E-state index is 12.4. The van der Waals surface area contributed by atoms with Gasteiger partial charge in [0.25, 0.3) is 5.91 Å². The van der Waals surface area contributed by atoms with Gasteiger partial charge in [-0.3, -0.25) is 10.1 Å². The third-order valence-corrected chi connectivity index (χ3v) is 6.01. The number of ether oxygens (including phenoxy) is 2. The summed E-state index contributed by atoms with van der Waals surface area (Å²) >= 11 is 8.75. The Hall–Kier alpha value is -2.29. The highest BCUT2D eigenvalue weighted by molar-refractivity contribution is 8.00. The molecule has 1 aliphatic rings. The molecule has 0 spiro atoms. The van der Waals surface area contributed by atoms with Crippen LogP contribution in [0.1, 0.15) is 5.56 Å². The van der Waals surface area contributed by atoms with E-state index in [2.05, 4.69) is 15.5 Å². The Bertz CT molecular complexity index is 949. The molecule has 1 aliphatic heterocycles. The van der Waals surface area contributed by atoms with Crippen LogP contribution in [0, 0.1) is 0 Å². The van der Waals surface area contributed by atoms with Crippen LogP contribution >= 0.6 is 34.7 Å². The van der Waals surface area contributed by atoms with Crippen LogP contribution in [0.3, 0.4) is 0 Å². The fourth-order valence-electron chi connectivity index (χ4n) is 2.38. The minimum atomic E-state index is -0.728. The average molecular weight is 420 g/mol. The molecule has 0 fully saturated rings. The van der Waals surface area contributed by atoms with Crippen LogP contribution in [0.5, 0.6) is 11.5 Å². The second kappa shape index (κ2) is 8.16. The number of thioether (sulfide) groups is 1. The highest BCUT2D eigenvalue weighted by Gasteiger charge is 2.28. The number of benzene rings is 2. The molecule has 0 saturated carbocycles. The highest BCUT2D eigenvalue weighted by atomic mass is 35.5. The van der Waals surface area contributed by atoms with Crippen molar-refractivity contribution < 1.29 is 14.3 Å². The summed E-state index contributed by atoms with van der Waals surface area (Å²) in [5.41, 5.74) is 1.14. The zero-order valence-corrected chi connectivity index (χ0v) is 16.3. The van der Waals surface area contributed by atoms with Gasteiger partial charge in [0.05, 0.1) is 0 Å². The molecule has 0 bridgehead atoms. The SMILES string of the molecule is O=C(Nc1nnc(SCc2ccc(Cl)cc2)s1)C1COc2ccccc2O1. The normalized spacial score (nSPS) is 15.4. The minimum absolute atomic E-state index is 0.153. The van der Waals surface area contributed by atoms with Crippen molar-refractivity contribution in [3.05, 3.63) is 59.1 Å². The topological polar surface area (TPSA) is 73.3 Å². The molecule has 1 N–H and O–H groups in total. The molecule has 0 radical (unpaired) electrons. The van der Waals surface area contributed by atoms with Crippen molar-refractivity contribution in [2.24, 2.45) is 0 Å². The first-order chi connectivity index (χ1) is 13.2. The molecule has 1 amide bonds. The Labute approximate surface area is 168 Å². The summed E-state index contributed by atoms with van der Waals surface area (Å²) in [7, 11) is 0. The number of anilines is 1. The Kier molecular flexibility index (Phi) is 5.47. The van der Waals surface area contributed by atoms with Crippen molar-refractivity contribution in [2.45, 2.75) is 16.2 Å². The zero-order valence-electron chi connectivity index (χ0n) is 13.9. The molecule has 1 aromatic heterocycles. The van der Waals surface area contributed by atoms with Crippen LogP contribution in [-0.4, -0.2) is 28.8 Å². The fraction of sp³-hybridized carbons (Fsp3) is 0.167. The second-order valence-corrected chi connectivity index (χ2v) is 8.28.